The molecule has 0 aromatic carbocycles. The van der Waals surface area contributed by atoms with E-state index in [1.807, 2.05) is 11.9 Å². The van der Waals surface area contributed by atoms with Crippen LogP contribution in [0.1, 0.15) is 46.0 Å². The summed E-state index contributed by atoms with van der Waals surface area (Å²) < 4.78 is 0. The van der Waals surface area contributed by atoms with Gasteiger partial charge in [-0.2, -0.15) is 0 Å². The molecular weight excluding hydrogens is 278 g/mol. The van der Waals surface area contributed by atoms with Crippen LogP contribution in [0.5, 0.6) is 0 Å². The Kier molecular flexibility index (Phi) is 6.24. The van der Waals surface area contributed by atoms with Crippen LogP contribution in [0.4, 0.5) is 0 Å². The number of nitrogens with zero attached hydrogens (tertiary/aromatic N) is 2. The van der Waals surface area contributed by atoms with Crippen LogP contribution in [-0.4, -0.2) is 60.9 Å². The van der Waals surface area contributed by atoms with Gasteiger partial charge in [0.2, 0.25) is 11.8 Å². The lowest BCUT2D eigenvalue weighted by Crippen LogP contribution is -2.48. The van der Waals surface area contributed by atoms with Gasteiger partial charge < -0.3 is 15.1 Å². The molecule has 0 atom stereocenters. The zero-order valence-corrected chi connectivity index (χ0v) is 14.3. The van der Waals surface area contributed by atoms with Crippen LogP contribution in [0.25, 0.3) is 0 Å². The summed E-state index contributed by atoms with van der Waals surface area (Å²) >= 11 is 0. The van der Waals surface area contributed by atoms with Gasteiger partial charge in [-0.1, -0.05) is 13.8 Å². The van der Waals surface area contributed by atoms with E-state index in [0.717, 1.165) is 51.4 Å². The summed E-state index contributed by atoms with van der Waals surface area (Å²) in [7, 11) is 2.02. The molecule has 2 fully saturated rings. The first-order valence-corrected chi connectivity index (χ1v) is 8.69. The summed E-state index contributed by atoms with van der Waals surface area (Å²) in [6, 6.07) is 0.407. The lowest BCUT2D eigenvalue weighted by Gasteiger charge is -2.37. The van der Waals surface area contributed by atoms with E-state index in [1.165, 1.54) is 0 Å². The van der Waals surface area contributed by atoms with Gasteiger partial charge >= 0.3 is 0 Å². The van der Waals surface area contributed by atoms with Gasteiger partial charge in [-0.15, -0.1) is 0 Å². The van der Waals surface area contributed by atoms with Crippen LogP contribution in [0.15, 0.2) is 0 Å². The van der Waals surface area contributed by atoms with Crippen LogP contribution >= 0.6 is 0 Å². The van der Waals surface area contributed by atoms with Crippen molar-refractivity contribution in [1.29, 1.82) is 0 Å². The average molecular weight is 309 g/mol. The molecule has 1 heterocycles. The van der Waals surface area contributed by atoms with E-state index in [4.69, 9.17) is 0 Å². The van der Waals surface area contributed by atoms with Crippen molar-refractivity contribution in [2.45, 2.75) is 52.0 Å². The van der Waals surface area contributed by atoms with Gasteiger partial charge in [-0.05, 0) is 44.7 Å². The number of nitrogens with one attached hydrogen (secondary N) is 1. The SMILES string of the molecule is CC1CC(NC(=O)CCN(C)CCCC(=O)N2CC(C)C2)C1. The van der Waals surface area contributed by atoms with Gasteiger partial charge in [-0.3, -0.25) is 9.59 Å². The monoisotopic (exact) mass is 309 g/mol. The molecule has 2 rings (SSSR count). The minimum Gasteiger partial charge on any atom is -0.353 e. The van der Waals surface area contributed by atoms with Crippen molar-refractivity contribution in [3.8, 4) is 0 Å². The number of likely N-dealkylation sites (tertiary alicyclic amines) is 1. The Morgan fingerprint density at radius 1 is 1.09 bits per heavy atom. The first kappa shape index (κ1) is 17.3. The Balaban J connectivity index is 1.47. The first-order chi connectivity index (χ1) is 10.4. The highest BCUT2D eigenvalue weighted by atomic mass is 16.2. The molecule has 1 aliphatic carbocycles. The van der Waals surface area contributed by atoms with Crippen LogP contribution in [0, 0.1) is 11.8 Å². The standard InChI is InChI=1S/C17H31N3O2/c1-13-9-15(10-13)18-16(21)6-8-19(3)7-4-5-17(22)20-11-14(2)12-20/h13-15H,4-12H2,1-3H3,(H,18,21). The van der Waals surface area contributed by atoms with Gasteiger partial charge in [0.25, 0.3) is 0 Å². The molecule has 0 aromatic rings. The van der Waals surface area contributed by atoms with Crippen LogP contribution < -0.4 is 5.32 Å². The van der Waals surface area contributed by atoms with Gasteiger partial charge in [0.1, 0.15) is 0 Å². The molecule has 0 spiro atoms. The zero-order chi connectivity index (χ0) is 16.1. The predicted molar refractivity (Wildman–Crippen MR) is 87.4 cm³/mol. The summed E-state index contributed by atoms with van der Waals surface area (Å²) in [5, 5.41) is 3.08. The molecule has 0 unspecified atom stereocenters. The summed E-state index contributed by atoms with van der Waals surface area (Å²) in [6.07, 6.45) is 4.31. The average Bonchev–Trinajstić information content (AvgIpc) is 2.40. The van der Waals surface area contributed by atoms with Crippen LogP contribution in [0.3, 0.4) is 0 Å². The molecule has 5 nitrogen and oxygen atoms in total. The fraction of sp³-hybridized carbons (Fsp3) is 0.882. The highest BCUT2D eigenvalue weighted by Crippen LogP contribution is 2.26. The number of hydrogen-bond acceptors (Lipinski definition) is 3. The second-order valence-corrected chi connectivity index (χ2v) is 7.40. The van der Waals surface area contributed by atoms with Crippen LogP contribution in [-0.2, 0) is 9.59 Å². The fourth-order valence-electron chi connectivity index (χ4n) is 3.29. The molecule has 5 heteroatoms. The second-order valence-electron chi connectivity index (χ2n) is 7.40. The van der Waals surface area contributed by atoms with Gasteiger partial charge in [0, 0.05) is 38.5 Å². The minimum atomic E-state index is 0.161. The molecule has 0 bridgehead atoms. The molecule has 2 aliphatic rings. The molecule has 1 saturated carbocycles. The largest absolute Gasteiger partial charge is 0.353 e. The molecule has 126 valence electrons. The maximum absolute atomic E-state index is 11.8. The van der Waals surface area contributed by atoms with E-state index >= 15 is 0 Å². The molecular formula is C17H31N3O2. The highest BCUT2D eigenvalue weighted by Gasteiger charge is 2.27. The first-order valence-electron chi connectivity index (χ1n) is 8.69. The number of carbonyl (C=O) groups is 2. The predicted octanol–water partition coefficient (Wildman–Crippen LogP) is 1.48. The quantitative estimate of drug-likeness (QED) is 0.739. The molecule has 0 radical (unpaired) electrons. The molecule has 1 N–H and O–H groups in total. The maximum Gasteiger partial charge on any atom is 0.222 e. The summed E-state index contributed by atoms with van der Waals surface area (Å²) in [5.41, 5.74) is 0. The van der Waals surface area contributed by atoms with E-state index in [9.17, 15) is 9.59 Å². The normalized spacial score (nSPS) is 24.8. The van der Waals surface area contributed by atoms with Crippen molar-refractivity contribution in [3.05, 3.63) is 0 Å². The molecule has 22 heavy (non-hydrogen) atoms. The zero-order valence-electron chi connectivity index (χ0n) is 14.3. The van der Waals surface area contributed by atoms with Crippen molar-refractivity contribution in [1.82, 2.24) is 15.1 Å². The number of hydrogen-bond donors (Lipinski definition) is 1. The highest BCUT2D eigenvalue weighted by molar-refractivity contribution is 5.77. The second kappa shape index (κ2) is 7.95. The van der Waals surface area contributed by atoms with Crippen molar-refractivity contribution in [2.24, 2.45) is 11.8 Å². The van der Waals surface area contributed by atoms with E-state index in [-0.39, 0.29) is 11.8 Å². The number of rotatable bonds is 8. The maximum atomic E-state index is 11.8. The summed E-state index contributed by atoms with van der Waals surface area (Å²) in [6.45, 7) is 7.89. The summed E-state index contributed by atoms with van der Waals surface area (Å²) in [5.74, 6) is 1.88. The Morgan fingerprint density at radius 2 is 1.77 bits per heavy atom. The van der Waals surface area contributed by atoms with Gasteiger partial charge in [-0.25, -0.2) is 0 Å². The Morgan fingerprint density at radius 3 is 2.36 bits per heavy atom. The lowest BCUT2D eigenvalue weighted by atomic mass is 9.82. The summed E-state index contributed by atoms with van der Waals surface area (Å²) in [4.78, 5) is 27.7. The van der Waals surface area contributed by atoms with E-state index in [1.54, 1.807) is 0 Å². The molecule has 2 amide bonds. The molecule has 1 aliphatic heterocycles. The minimum absolute atomic E-state index is 0.161. The Hall–Kier alpha value is -1.10. The lowest BCUT2D eigenvalue weighted by molar-refractivity contribution is -0.137. The Labute approximate surface area is 134 Å². The number of carbonyl (C=O) groups excluding carboxylic acids is 2. The van der Waals surface area contributed by atoms with Crippen molar-refractivity contribution < 1.29 is 9.59 Å². The molecule has 1 saturated heterocycles. The van der Waals surface area contributed by atoms with Crippen LogP contribution in [0.2, 0.25) is 0 Å². The topological polar surface area (TPSA) is 52.7 Å². The van der Waals surface area contributed by atoms with Crippen molar-refractivity contribution >= 4 is 11.8 Å². The van der Waals surface area contributed by atoms with Crippen molar-refractivity contribution in [3.63, 3.8) is 0 Å². The number of amides is 2. The third-order valence-corrected chi connectivity index (χ3v) is 4.81. The Bertz CT molecular complexity index is 387. The third kappa shape index (κ3) is 5.27. The third-order valence-electron chi connectivity index (χ3n) is 4.81. The fourth-order valence-corrected chi connectivity index (χ4v) is 3.29. The van der Waals surface area contributed by atoms with E-state index in [0.29, 0.717) is 24.8 Å². The smallest absolute Gasteiger partial charge is 0.222 e. The van der Waals surface area contributed by atoms with E-state index in [2.05, 4.69) is 24.1 Å². The van der Waals surface area contributed by atoms with Gasteiger partial charge in [0.05, 0.1) is 0 Å². The molecule has 0 aromatic heterocycles. The van der Waals surface area contributed by atoms with E-state index < -0.39 is 0 Å². The van der Waals surface area contributed by atoms with Gasteiger partial charge in [0.15, 0.2) is 0 Å². The van der Waals surface area contributed by atoms with Crippen molar-refractivity contribution in [2.75, 3.05) is 33.2 Å².